The van der Waals surface area contributed by atoms with E-state index in [-0.39, 0.29) is 42.4 Å². The Labute approximate surface area is 142 Å². The van der Waals surface area contributed by atoms with Crippen LogP contribution in [0, 0.1) is 0 Å². The number of aliphatic imine (C=N–C) groups is 1. The predicted molar refractivity (Wildman–Crippen MR) is 96.2 cm³/mol. The molecule has 1 amide bonds. The lowest BCUT2D eigenvalue weighted by Gasteiger charge is -2.07. The van der Waals surface area contributed by atoms with E-state index in [0.717, 1.165) is 12.1 Å². The first-order valence-electron chi connectivity index (χ1n) is 6.57. The van der Waals surface area contributed by atoms with Crippen molar-refractivity contribution < 1.29 is 9.53 Å². The number of nitrogens with zero attached hydrogens (tertiary/aromatic N) is 1. The van der Waals surface area contributed by atoms with E-state index in [9.17, 15) is 4.79 Å². The minimum absolute atomic E-state index is 0. The number of benzene rings is 1. The lowest BCUT2D eigenvalue weighted by atomic mass is 10.1. The van der Waals surface area contributed by atoms with Gasteiger partial charge >= 0.3 is 0 Å². The average Bonchev–Trinajstić information content (AvgIpc) is 2.45. The van der Waals surface area contributed by atoms with Crippen LogP contribution in [0.25, 0.3) is 0 Å². The third kappa shape index (κ3) is 8.51. The van der Waals surface area contributed by atoms with Crippen LogP contribution in [0.4, 0.5) is 5.69 Å². The fraction of sp³-hybridized carbons (Fsp3) is 0.429. The van der Waals surface area contributed by atoms with Crippen molar-refractivity contribution in [3.05, 3.63) is 29.8 Å². The number of guanidine groups is 1. The molecule has 0 aliphatic carbocycles. The van der Waals surface area contributed by atoms with E-state index in [1.54, 1.807) is 7.11 Å². The maximum atomic E-state index is 11.4. The molecule has 0 saturated heterocycles. The zero-order valence-electron chi connectivity index (χ0n) is 12.4. The maximum Gasteiger partial charge on any atom is 0.241 e. The molecule has 7 heteroatoms. The van der Waals surface area contributed by atoms with Crippen LogP contribution in [0.3, 0.4) is 0 Å². The van der Waals surface area contributed by atoms with Gasteiger partial charge in [0.2, 0.25) is 5.91 Å². The van der Waals surface area contributed by atoms with Crippen LogP contribution in [0.1, 0.15) is 12.5 Å². The van der Waals surface area contributed by atoms with Crippen LogP contribution in [-0.2, 0) is 16.0 Å². The minimum Gasteiger partial charge on any atom is -0.383 e. The quantitative estimate of drug-likeness (QED) is 0.276. The predicted octanol–water partition coefficient (Wildman–Crippen LogP) is 1.36. The number of aryl methyl sites for hydroxylation is 1. The molecule has 0 aromatic heterocycles. The van der Waals surface area contributed by atoms with Gasteiger partial charge in [-0.1, -0.05) is 19.1 Å². The highest BCUT2D eigenvalue weighted by atomic mass is 127. The number of anilines is 1. The average molecular weight is 406 g/mol. The number of hydrogen-bond acceptors (Lipinski definition) is 3. The first-order valence-corrected chi connectivity index (χ1v) is 6.57. The lowest BCUT2D eigenvalue weighted by molar-refractivity contribution is -0.119. The summed E-state index contributed by atoms with van der Waals surface area (Å²) in [7, 11) is 1.58. The summed E-state index contributed by atoms with van der Waals surface area (Å²) in [5, 5.41) is 5.63. The fourth-order valence-electron chi connectivity index (χ4n) is 1.56. The Morgan fingerprint density at radius 3 is 2.86 bits per heavy atom. The van der Waals surface area contributed by atoms with Gasteiger partial charge in [-0.3, -0.25) is 4.79 Å². The zero-order chi connectivity index (χ0) is 14.8. The van der Waals surface area contributed by atoms with Crippen molar-refractivity contribution in [1.82, 2.24) is 5.32 Å². The molecule has 0 heterocycles. The number of amides is 1. The van der Waals surface area contributed by atoms with Crippen molar-refractivity contribution in [3.8, 4) is 0 Å². The molecule has 0 atom stereocenters. The zero-order valence-corrected chi connectivity index (χ0v) is 14.7. The standard InChI is InChI=1S/C14H22N4O2.HI/c1-3-11-5-4-6-12(9-11)18-14(15)17-10-13(19)16-7-8-20-2;/h4-6,9H,3,7-8,10H2,1-2H3,(H,16,19)(H3,15,17,18);1H. The molecule has 1 aromatic carbocycles. The third-order valence-electron chi connectivity index (χ3n) is 2.63. The Bertz CT molecular complexity index is 466. The SMILES string of the molecule is CCc1cccc(NC(N)=NCC(=O)NCCOC)c1.I. The highest BCUT2D eigenvalue weighted by molar-refractivity contribution is 14.0. The Balaban J connectivity index is 0.00000400. The molecule has 0 aliphatic heterocycles. The number of hydrogen-bond donors (Lipinski definition) is 3. The van der Waals surface area contributed by atoms with Crippen molar-refractivity contribution in [3.63, 3.8) is 0 Å². The van der Waals surface area contributed by atoms with Gasteiger partial charge in [0.05, 0.1) is 6.61 Å². The number of nitrogens with two attached hydrogens (primary N) is 1. The summed E-state index contributed by atoms with van der Waals surface area (Å²) in [5.41, 5.74) is 7.81. The van der Waals surface area contributed by atoms with Gasteiger partial charge in [-0.2, -0.15) is 0 Å². The summed E-state index contributed by atoms with van der Waals surface area (Å²) in [6, 6.07) is 7.90. The van der Waals surface area contributed by atoms with Crippen LogP contribution in [0.5, 0.6) is 0 Å². The van der Waals surface area contributed by atoms with Crippen molar-refractivity contribution >= 4 is 41.5 Å². The minimum atomic E-state index is -0.186. The van der Waals surface area contributed by atoms with Crippen LogP contribution in [-0.4, -0.2) is 38.7 Å². The van der Waals surface area contributed by atoms with Crippen LogP contribution < -0.4 is 16.4 Å². The van der Waals surface area contributed by atoms with E-state index < -0.39 is 0 Å². The second-order valence-electron chi connectivity index (χ2n) is 4.22. The van der Waals surface area contributed by atoms with Crippen LogP contribution >= 0.6 is 24.0 Å². The Hall–Kier alpha value is -1.35. The number of halogens is 1. The molecule has 0 spiro atoms. The molecule has 21 heavy (non-hydrogen) atoms. The molecular weight excluding hydrogens is 383 g/mol. The summed E-state index contributed by atoms with van der Waals surface area (Å²) in [5.74, 6) is 0.0363. The van der Waals surface area contributed by atoms with Gasteiger partial charge in [-0.25, -0.2) is 4.99 Å². The second kappa shape index (κ2) is 11.3. The second-order valence-corrected chi connectivity index (χ2v) is 4.22. The topological polar surface area (TPSA) is 88.7 Å². The van der Waals surface area contributed by atoms with Crippen LogP contribution in [0.15, 0.2) is 29.3 Å². The van der Waals surface area contributed by atoms with E-state index in [4.69, 9.17) is 10.5 Å². The Kier molecular flexibility index (Phi) is 10.6. The summed E-state index contributed by atoms with van der Waals surface area (Å²) >= 11 is 0. The molecule has 0 fully saturated rings. The molecule has 4 N–H and O–H groups in total. The van der Waals surface area contributed by atoms with E-state index in [0.29, 0.717) is 13.2 Å². The number of rotatable bonds is 7. The largest absolute Gasteiger partial charge is 0.383 e. The molecule has 0 radical (unpaired) electrons. The molecule has 6 nitrogen and oxygen atoms in total. The van der Waals surface area contributed by atoms with Crippen molar-refractivity contribution in [1.29, 1.82) is 0 Å². The van der Waals surface area contributed by atoms with Crippen molar-refractivity contribution in [2.75, 3.05) is 32.1 Å². The van der Waals surface area contributed by atoms with Crippen molar-refractivity contribution in [2.24, 2.45) is 10.7 Å². The third-order valence-corrected chi connectivity index (χ3v) is 2.63. The monoisotopic (exact) mass is 406 g/mol. The first-order chi connectivity index (χ1) is 9.65. The number of nitrogens with one attached hydrogen (secondary N) is 2. The summed E-state index contributed by atoms with van der Waals surface area (Å²) < 4.78 is 4.83. The number of ether oxygens (including phenoxy) is 1. The van der Waals surface area contributed by atoms with Gasteiger partial charge in [0, 0.05) is 19.3 Å². The Morgan fingerprint density at radius 1 is 1.43 bits per heavy atom. The number of carbonyl (C=O) groups excluding carboxylic acids is 1. The van der Waals surface area contributed by atoms with Gasteiger partial charge in [0.25, 0.3) is 0 Å². The molecule has 0 saturated carbocycles. The van der Waals surface area contributed by atoms with Gasteiger partial charge in [-0.15, -0.1) is 24.0 Å². The molecule has 1 rings (SSSR count). The van der Waals surface area contributed by atoms with E-state index in [1.165, 1.54) is 5.56 Å². The molecule has 0 bridgehead atoms. The van der Waals surface area contributed by atoms with Crippen molar-refractivity contribution in [2.45, 2.75) is 13.3 Å². The number of carbonyl (C=O) groups is 1. The van der Waals surface area contributed by atoms with Crippen LogP contribution in [0.2, 0.25) is 0 Å². The van der Waals surface area contributed by atoms with Gasteiger partial charge in [-0.05, 0) is 24.1 Å². The summed E-state index contributed by atoms with van der Waals surface area (Å²) in [4.78, 5) is 15.4. The maximum absolute atomic E-state index is 11.4. The summed E-state index contributed by atoms with van der Waals surface area (Å²) in [6.07, 6.45) is 0.953. The fourth-order valence-corrected chi connectivity index (χ4v) is 1.56. The normalized spacial score (nSPS) is 10.7. The van der Waals surface area contributed by atoms with E-state index in [2.05, 4.69) is 22.5 Å². The molecule has 1 aromatic rings. The highest BCUT2D eigenvalue weighted by Gasteiger charge is 2.00. The summed E-state index contributed by atoms with van der Waals surface area (Å²) in [6.45, 7) is 3.03. The molecule has 0 unspecified atom stereocenters. The van der Waals surface area contributed by atoms with E-state index in [1.807, 2.05) is 24.3 Å². The van der Waals surface area contributed by atoms with Gasteiger partial charge in [0.15, 0.2) is 5.96 Å². The van der Waals surface area contributed by atoms with Gasteiger partial charge < -0.3 is 21.1 Å². The van der Waals surface area contributed by atoms with E-state index >= 15 is 0 Å². The lowest BCUT2D eigenvalue weighted by Crippen LogP contribution is -2.31. The molecule has 118 valence electrons. The Morgan fingerprint density at radius 2 is 2.19 bits per heavy atom. The highest BCUT2D eigenvalue weighted by Crippen LogP contribution is 2.10. The smallest absolute Gasteiger partial charge is 0.241 e. The van der Waals surface area contributed by atoms with Gasteiger partial charge in [0.1, 0.15) is 6.54 Å². The molecular formula is C14H23IN4O2. The first kappa shape index (κ1) is 19.7. The molecule has 0 aliphatic rings. The number of methoxy groups -OCH3 is 1.